The van der Waals surface area contributed by atoms with Crippen LogP contribution in [-0.4, -0.2) is 29.7 Å². The first kappa shape index (κ1) is 14.0. The predicted octanol–water partition coefficient (Wildman–Crippen LogP) is 3.20. The van der Waals surface area contributed by atoms with Crippen LogP contribution in [0.15, 0.2) is 0 Å². The van der Waals surface area contributed by atoms with Crippen LogP contribution < -0.4 is 4.90 Å². The molecule has 0 unspecified atom stereocenters. The molecule has 0 spiro atoms. The molecule has 0 aliphatic rings. The average Bonchev–Trinajstić information content (AvgIpc) is 2.70. The molecular weight excluding hydrogens is 236 g/mol. The minimum Gasteiger partial charge on any atom is -0.477 e. The molecule has 0 aromatic carbocycles. The van der Waals surface area contributed by atoms with E-state index >= 15 is 0 Å². The summed E-state index contributed by atoms with van der Waals surface area (Å²) in [5.74, 6) is -0.730. The van der Waals surface area contributed by atoms with Crippen LogP contribution in [0.5, 0.6) is 0 Å². The number of aromatic nitrogens is 1. The Kier molecular flexibility index (Phi) is 4.93. The van der Waals surface area contributed by atoms with Gasteiger partial charge in [-0.1, -0.05) is 38.5 Å². The third kappa shape index (κ3) is 3.43. The highest BCUT2D eigenvalue weighted by Crippen LogP contribution is 2.30. The van der Waals surface area contributed by atoms with E-state index in [9.17, 15) is 4.79 Å². The quantitative estimate of drug-likeness (QED) is 0.849. The fourth-order valence-electron chi connectivity index (χ4n) is 1.52. The third-order valence-corrected chi connectivity index (χ3v) is 3.73. The molecule has 1 N–H and O–H groups in total. The van der Waals surface area contributed by atoms with Gasteiger partial charge in [-0.3, -0.25) is 0 Å². The summed E-state index contributed by atoms with van der Waals surface area (Å²) in [5, 5.41) is 9.94. The van der Waals surface area contributed by atoms with Gasteiger partial charge in [-0.05, 0) is 12.3 Å². The van der Waals surface area contributed by atoms with Gasteiger partial charge in [0.1, 0.15) is 4.88 Å². The second-order valence-corrected chi connectivity index (χ2v) is 5.42. The van der Waals surface area contributed by atoms with E-state index in [0.29, 0.717) is 10.6 Å². The number of rotatable bonds is 6. The molecule has 0 amide bonds. The minimum atomic E-state index is -0.874. The van der Waals surface area contributed by atoms with E-state index in [1.54, 1.807) is 0 Å². The molecule has 0 aliphatic carbocycles. The van der Waals surface area contributed by atoms with E-state index < -0.39 is 5.97 Å². The molecular formula is C12H20N2O2S. The van der Waals surface area contributed by atoms with Crippen molar-refractivity contribution in [3.8, 4) is 0 Å². The number of aromatic carboxylic acids is 1. The standard InChI is InChI=1S/C12H20N2O2S/c1-5-6-7-14(4)12-13-9(8(2)3)10(17-12)11(15)16/h8H,5-7H2,1-4H3,(H,15,16). The number of nitrogens with zero attached hydrogens (tertiary/aromatic N) is 2. The highest BCUT2D eigenvalue weighted by molar-refractivity contribution is 7.17. The lowest BCUT2D eigenvalue weighted by Crippen LogP contribution is -2.18. The number of unbranched alkanes of at least 4 members (excludes halogenated alkanes) is 1. The first-order valence-electron chi connectivity index (χ1n) is 5.92. The summed E-state index contributed by atoms with van der Waals surface area (Å²) in [4.78, 5) is 18.0. The molecule has 1 aromatic rings. The summed E-state index contributed by atoms with van der Waals surface area (Å²) in [7, 11) is 1.96. The second-order valence-electron chi connectivity index (χ2n) is 4.45. The molecule has 17 heavy (non-hydrogen) atoms. The number of carbonyl (C=O) groups is 1. The van der Waals surface area contributed by atoms with Gasteiger partial charge < -0.3 is 10.0 Å². The molecule has 1 aromatic heterocycles. The highest BCUT2D eigenvalue weighted by atomic mass is 32.1. The zero-order valence-electron chi connectivity index (χ0n) is 10.9. The lowest BCUT2D eigenvalue weighted by molar-refractivity contribution is 0.0700. The van der Waals surface area contributed by atoms with Crippen molar-refractivity contribution >= 4 is 22.4 Å². The van der Waals surface area contributed by atoms with Crippen molar-refractivity contribution < 1.29 is 9.90 Å². The van der Waals surface area contributed by atoms with Gasteiger partial charge in [0.05, 0.1) is 5.69 Å². The van der Waals surface area contributed by atoms with Gasteiger partial charge in [0.2, 0.25) is 0 Å². The van der Waals surface area contributed by atoms with Gasteiger partial charge in [-0.15, -0.1) is 0 Å². The smallest absolute Gasteiger partial charge is 0.347 e. The molecule has 0 radical (unpaired) electrons. The van der Waals surface area contributed by atoms with Crippen LogP contribution in [0.4, 0.5) is 5.13 Å². The van der Waals surface area contributed by atoms with Crippen LogP contribution in [0.3, 0.4) is 0 Å². The molecule has 1 heterocycles. The Morgan fingerprint density at radius 1 is 1.53 bits per heavy atom. The Morgan fingerprint density at radius 2 is 2.18 bits per heavy atom. The summed E-state index contributed by atoms with van der Waals surface area (Å²) in [6.45, 7) is 6.99. The van der Waals surface area contributed by atoms with Gasteiger partial charge in [0.25, 0.3) is 0 Å². The lowest BCUT2D eigenvalue weighted by atomic mass is 10.1. The molecule has 1 rings (SSSR count). The van der Waals surface area contributed by atoms with Crippen LogP contribution in [-0.2, 0) is 0 Å². The summed E-state index contributed by atoms with van der Waals surface area (Å²) in [5.41, 5.74) is 0.695. The van der Waals surface area contributed by atoms with Crippen molar-refractivity contribution in [3.63, 3.8) is 0 Å². The Bertz CT molecular complexity index is 388. The first-order chi connectivity index (χ1) is 7.97. The van der Waals surface area contributed by atoms with Crippen LogP contribution in [0.25, 0.3) is 0 Å². The number of carboxylic acids is 1. The van der Waals surface area contributed by atoms with E-state index in [4.69, 9.17) is 5.11 Å². The van der Waals surface area contributed by atoms with Gasteiger partial charge in [0, 0.05) is 13.6 Å². The Hall–Kier alpha value is -1.10. The maximum atomic E-state index is 11.1. The van der Waals surface area contributed by atoms with E-state index in [1.807, 2.05) is 25.8 Å². The van der Waals surface area contributed by atoms with Crippen LogP contribution >= 0.6 is 11.3 Å². The number of anilines is 1. The van der Waals surface area contributed by atoms with Crippen molar-refractivity contribution in [2.45, 2.75) is 39.5 Å². The van der Waals surface area contributed by atoms with E-state index in [1.165, 1.54) is 11.3 Å². The fraction of sp³-hybridized carbons (Fsp3) is 0.667. The highest BCUT2D eigenvalue weighted by Gasteiger charge is 2.20. The SMILES string of the molecule is CCCCN(C)c1nc(C(C)C)c(C(=O)O)s1. The van der Waals surface area contributed by atoms with Crippen molar-refractivity contribution in [2.75, 3.05) is 18.5 Å². The summed E-state index contributed by atoms with van der Waals surface area (Å²) in [6, 6.07) is 0. The summed E-state index contributed by atoms with van der Waals surface area (Å²) >= 11 is 1.27. The monoisotopic (exact) mass is 256 g/mol. The van der Waals surface area contributed by atoms with E-state index in [2.05, 4.69) is 11.9 Å². The molecule has 0 bridgehead atoms. The van der Waals surface area contributed by atoms with E-state index in [-0.39, 0.29) is 5.92 Å². The number of thiazole rings is 1. The molecule has 0 atom stereocenters. The van der Waals surface area contributed by atoms with Crippen LogP contribution in [0.2, 0.25) is 0 Å². The Balaban J connectivity index is 2.95. The molecule has 0 saturated heterocycles. The minimum absolute atomic E-state index is 0.144. The van der Waals surface area contributed by atoms with E-state index in [0.717, 1.165) is 24.5 Å². The summed E-state index contributed by atoms with van der Waals surface area (Å²) < 4.78 is 0. The normalized spacial score (nSPS) is 10.9. The zero-order chi connectivity index (χ0) is 13.0. The molecule has 0 aliphatic heterocycles. The fourth-order valence-corrected chi connectivity index (χ4v) is 2.57. The van der Waals surface area contributed by atoms with Crippen molar-refractivity contribution in [1.82, 2.24) is 4.98 Å². The third-order valence-electron chi connectivity index (χ3n) is 2.56. The van der Waals surface area contributed by atoms with Crippen LogP contribution in [0, 0.1) is 0 Å². The molecule has 96 valence electrons. The molecule has 0 saturated carbocycles. The summed E-state index contributed by atoms with van der Waals surface area (Å²) in [6.07, 6.45) is 2.22. The van der Waals surface area contributed by atoms with Crippen molar-refractivity contribution in [1.29, 1.82) is 0 Å². The number of hydrogen-bond donors (Lipinski definition) is 1. The van der Waals surface area contributed by atoms with Gasteiger partial charge >= 0.3 is 5.97 Å². The largest absolute Gasteiger partial charge is 0.477 e. The molecule has 4 nitrogen and oxygen atoms in total. The molecule has 5 heteroatoms. The second kappa shape index (κ2) is 6.00. The topological polar surface area (TPSA) is 53.4 Å². The maximum Gasteiger partial charge on any atom is 0.347 e. The zero-order valence-corrected chi connectivity index (χ0v) is 11.7. The first-order valence-corrected chi connectivity index (χ1v) is 6.74. The van der Waals surface area contributed by atoms with Crippen molar-refractivity contribution in [2.24, 2.45) is 0 Å². The van der Waals surface area contributed by atoms with Crippen molar-refractivity contribution in [3.05, 3.63) is 10.6 Å². The maximum absolute atomic E-state index is 11.1. The number of hydrogen-bond acceptors (Lipinski definition) is 4. The predicted molar refractivity (Wildman–Crippen MR) is 71.3 cm³/mol. The van der Waals surface area contributed by atoms with Gasteiger partial charge in [-0.2, -0.15) is 0 Å². The lowest BCUT2D eigenvalue weighted by Gasteiger charge is -2.14. The Labute approximate surface area is 106 Å². The average molecular weight is 256 g/mol. The number of carboxylic acid groups (broad SMARTS) is 1. The molecule has 0 fully saturated rings. The van der Waals surface area contributed by atoms with Crippen LogP contribution in [0.1, 0.15) is 54.9 Å². The van der Waals surface area contributed by atoms with Gasteiger partial charge in [-0.25, -0.2) is 9.78 Å². The Morgan fingerprint density at radius 3 is 2.59 bits per heavy atom. The van der Waals surface area contributed by atoms with Gasteiger partial charge in [0.15, 0.2) is 5.13 Å².